The van der Waals surface area contributed by atoms with Gasteiger partial charge in [-0.3, -0.25) is 9.36 Å². The molecule has 0 bridgehead atoms. The second-order valence-corrected chi connectivity index (χ2v) is 8.13. The van der Waals surface area contributed by atoms with Crippen LogP contribution in [0.2, 0.25) is 0 Å². The van der Waals surface area contributed by atoms with E-state index in [9.17, 15) is 4.79 Å². The third-order valence-corrected chi connectivity index (χ3v) is 5.56. The highest BCUT2D eigenvalue weighted by Crippen LogP contribution is 2.29. The highest BCUT2D eigenvalue weighted by Gasteiger charge is 2.19. The molecule has 0 aliphatic rings. The number of carbonyl (C=O) groups excluding carboxylic acids is 1. The monoisotopic (exact) mass is 395 g/mol. The molecule has 0 aliphatic heterocycles. The molecule has 1 heterocycles. The quantitative estimate of drug-likeness (QED) is 0.602. The van der Waals surface area contributed by atoms with Gasteiger partial charge in [-0.2, -0.15) is 0 Å². The molecule has 1 N–H and O–H groups in total. The first kappa shape index (κ1) is 20.0. The highest BCUT2D eigenvalue weighted by atomic mass is 32.2. The number of hydrogen-bond acceptors (Lipinski definition) is 4. The van der Waals surface area contributed by atoms with E-state index >= 15 is 0 Å². The maximum atomic E-state index is 12.8. The Labute approximate surface area is 170 Å². The summed E-state index contributed by atoms with van der Waals surface area (Å²) in [7, 11) is 1.60. The average molecular weight is 396 g/mol. The van der Waals surface area contributed by atoms with E-state index in [0.717, 1.165) is 16.4 Å². The van der Waals surface area contributed by atoms with Gasteiger partial charge < -0.3 is 10.1 Å². The lowest BCUT2D eigenvalue weighted by molar-refractivity contribution is -0.115. The van der Waals surface area contributed by atoms with Gasteiger partial charge in [0.1, 0.15) is 5.75 Å². The predicted molar refractivity (Wildman–Crippen MR) is 115 cm³/mol. The summed E-state index contributed by atoms with van der Waals surface area (Å²) in [6.07, 6.45) is 3.68. The van der Waals surface area contributed by atoms with Crippen LogP contribution in [0.5, 0.6) is 5.75 Å². The van der Waals surface area contributed by atoms with E-state index < -0.39 is 0 Å². The number of aromatic nitrogens is 2. The van der Waals surface area contributed by atoms with Gasteiger partial charge in [-0.05, 0) is 57.0 Å². The third kappa shape index (κ3) is 4.39. The van der Waals surface area contributed by atoms with Crippen LogP contribution in [0.1, 0.15) is 23.6 Å². The lowest BCUT2D eigenvalue weighted by Gasteiger charge is -2.16. The number of carbonyl (C=O) groups is 1. The van der Waals surface area contributed by atoms with Crippen LogP contribution in [0, 0.1) is 20.8 Å². The van der Waals surface area contributed by atoms with Crippen molar-refractivity contribution < 1.29 is 9.53 Å². The number of methoxy groups -OCH3 is 1. The number of thioether (sulfide) groups is 1. The minimum absolute atomic E-state index is 0.0934. The molecule has 0 aliphatic carbocycles. The van der Waals surface area contributed by atoms with Gasteiger partial charge >= 0.3 is 0 Å². The fraction of sp³-hybridized carbons (Fsp3) is 0.273. The number of rotatable bonds is 6. The third-order valence-electron chi connectivity index (χ3n) is 4.48. The summed E-state index contributed by atoms with van der Waals surface area (Å²) in [5, 5.41) is 3.43. The number of anilines is 1. The minimum Gasteiger partial charge on any atom is -0.495 e. The molecule has 0 radical (unpaired) electrons. The molecular weight excluding hydrogens is 370 g/mol. The van der Waals surface area contributed by atoms with Crippen LogP contribution >= 0.6 is 11.8 Å². The Morgan fingerprint density at radius 2 is 1.86 bits per heavy atom. The molecule has 2 aromatic carbocycles. The van der Waals surface area contributed by atoms with Gasteiger partial charge in [0.25, 0.3) is 0 Å². The summed E-state index contributed by atoms with van der Waals surface area (Å²) < 4.78 is 7.37. The topological polar surface area (TPSA) is 56.1 Å². The molecule has 1 unspecified atom stereocenters. The number of hydrogen-bond donors (Lipinski definition) is 1. The minimum atomic E-state index is -0.322. The lowest BCUT2D eigenvalue weighted by Crippen LogP contribution is -2.23. The summed E-state index contributed by atoms with van der Waals surface area (Å²) >= 11 is 1.43. The molecule has 0 fully saturated rings. The summed E-state index contributed by atoms with van der Waals surface area (Å²) in [6, 6.07) is 12.0. The number of ether oxygens (including phenoxy) is 1. The van der Waals surface area contributed by atoms with Crippen molar-refractivity contribution >= 4 is 23.4 Å². The molecule has 0 spiro atoms. The predicted octanol–water partition coefficient (Wildman–Crippen LogP) is 4.93. The van der Waals surface area contributed by atoms with Gasteiger partial charge in [0, 0.05) is 12.4 Å². The van der Waals surface area contributed by atoms with Gasteiger partial charge in [-0.1, -0.05) is 35.5 Å². The van der Waals surface area contributed by atoms with Crippen LogP contribution in [0.3, 0.4) is 0 Å². The molecule has 1 aromatic heterocycles. The zero-order valence-electron chi connectivity index (χ0n) is 16.8. The summed E-state index contributed by atoms with van der Waals surface area (Å²) in [6.45, 7) is 8.01. The normalized spacial score (nSPS) is 11.9. The van der Waals surface area contributed by atoms with E-state index in [1.165, 1.54) is 22.9 Å². The zero-order chi connectivity index (χ0) is 20.3. The Balaban J connectivity index is 1.77. The maximum absolute atomic E-state index is 12.8. The molecule has 146 valence electrons. The first-order valence-electron chi connectivity index (χ1n) is 9.12. The average Bonchev–Trinajstić information content (AvgIpc) is 3.09. The Morgan fingerprint density at radius 3 is 2.57 bits per heavy atom. The first-order valence-corrected chi connectivity index (χ1v) is 10.00. The second-order valence-electron chi connectivity index (χ2n) is 6.82. The molecular formula is C22H25N3O2S. The van der Waals surface area contributed by atoms with E-state index in [0.29, 0.717) is 11.4 Å². The fourth-order valence-electron chi connectivity index (χ4n) is 3.00. The standard InChI is InChI=1S/C22H25N3O2S/c1-14-6-8-19(16(3)12-14)25-11-10-23-22(25)28-17(4)21(26)24-18-13-15(2)7-9-20(18)27-5/h6-13,17H,1-5H3,(H,24,26). The number of benzene rings is 2. The van der Waals surface area contributed by atoms with Crippen molar-refractivity contribution in [2.75, 3.05) is 12.4 Å². The van der Waals surface area contributed by atoms with Crippen molar-refractivity contribution in [2.45, 2.75) is 38.1 Å². The molecule has 28 heavy (non-hydrogen) atoms. The van der Waals surface area contributed by atoms with Crippen LogP contribution < -0.4 is 10.1 Å². The van der Waals surface area contributed by atoms with E-state index in [2.05, 4.69) is 42.3 Å². The molecule has 0 saturated carbocycles. The van der Waals surface area contributed by atoms with E-state index in [1.54, 1.807) is 13.3 Å². The highest BCUT2D eigenvalue weighted by molar-refractivity contribution is 8.00. The van der Waals surface area contributed by atoms with Crippen LogP contribution in [0.4, 0.5) is 5.69 Å². The molecule has 6 heteroatoms. The molecule has 1 atom stereocenters. The zero-order valence-corrected chi connectivity index (χ0v) is 17.6. The second kappa shape index (κ2) is 8.52. The van der Waals surface area contributed by atoms with Gasteiger partial charge in [-0.25, -0.2) is 4.98 Å². The van der Waals surface area contributed by atoms with Gasteiger partial charge in [0.15, 0.2) is 5.16 Å². The van der Waals surface area contributed by atoms with Crippen molar-refractivity contribution in [2.24, 2.45) is 0 Å². The summed E-state index contributed by atoms with van der Waals surface area (Å²) in [4.78, 5) is 17.2. The lowest BCUT2D eigenvalue weighted by atomic mass is 10.1. The molecule has 0 saturated heterocycles. The Bertz CT molecular complexity index is 997. The van der Waals surface area contributed by atoms with Crippen LogP contribution in [0.25, 0.3) is 5.69 Å². The van der Waals surface area contributed by atoms with Gasteiger partial charge in [-0.15, -0.1) is 0 Å². The number of nitrogens with one attached hydrogen (secondary N) is 1. The smallest absolute Gasteiger partial charge is 0.237 e. The SMILES string of the molecule is COc1ccc(C)cc1NC(=O)C(C)Sc1nccn1-c1ccc(C)cc1C. The van der Waals surface area contributed by atoms with E-state index in [4.69, 9.17) is 4.74 Å². The number of amides is 1. The number of aryl methyl sites for hydroxylation is 3. The van der Waals surface area contributed by atoms with E-state index in [-0.39, 0.29) is 11.2 Å². The Morgan fingerprint density at radius 1 is 1.14 bits per heavy atom. The van der Waals surface area contributed by atoms with Crippen LogP contribution in [0.15, 0.2) is 53.9 Å². The van der Waals surface area contributed by atoms with Gasteiger partial charge in [0.05, 0.1) is 23.7 Å². The molecule has 3 aromatic rings. The largest absolute Gasteiger partial charge is 0.495 e. The van der Waals surface area contributed by atoms with Crippen molar-refractivity contribution in [3.63, 3.8) is 0 Å². The molecule has 3 rings (SSSR count). The van der Waals surface area contributed by atoms with Crippen LogP contribution in [-0.4, -0.2) is 27.8 Å². The van der Waals surface area contributed by atoms with Crippen molar-refractivity contribution in [1.29, 1.82) is 0 Å². The molecule has 1 amide bonds. The Kier molecular flexibility index (Phi) is 6.09. The summed E-state index contributed by atoms with van der Waals surface area (Å²) in [5.41, 5.74) is 5.19. The van der Waals surface area contributed by atoms with Crippen LogP contribution in [-0.2, 0) is 4.79 Å². The number of nitrogens with zero attached hydrogens (tertiary/aromatic N) is 2. The first-order chi connectivity index (χ1) is 13.4. The summed E-state index contributed by atoms with van der Waals surface area (Å²) in [5.74, 6) is 0.553. The number of imidazole rings is 1. The Hall–Kier alpha value is -2.73. The van der Waals surface area contributed by atoms with Crippen molar-refractivity contribution in [3.05, 3.63) is 65.5 Å². The maximum Gasteiger partial charge on any atom is 0.237 e. The molecule has 5 nitrogen and oxygen atoms in total. The van der Waals surface area contributed by atoms with E-state index in [1.807, 2.05) is 42.8 Å². The van der Waals surface area contributed by atoms with Crippen molar-refractivity contribution in [3.8, 4) is 11.4 Å². The van der Waals surface area contributed by atoms with Gasteiger partial charge in [0.2, 0.25) is 5.91 Å². The van der Waals surface area contributed by atoms with Crippen molar-refractivity contribution in [1.82, 2.24) is 9.55 Å². The fourth-order valence-corrected chi connectivity index (χ4v) is 3.88.